The molecule has 0 radical (unpaired) electrons. The number of fused-ring (bicyclic) bond motifs is 1. The first-order valence-corrected chi connectivity index (χ1v) is 10.4. The van der Waals surface area contributed by atoms with E-state index in [4.69, 9.17) is 8.84 Å². The van der Waals surface area contributed by atoms with Crippen LogP contribution in [0.1, 0.15) is 26.5 Å². The first-order valence-electron chi connectivity index (χ1n) is 6.37. The molecular formula is C14H20INO2Si. The van der Waals surface area contributed by atoms with Crippen LogP contribution >= 0.6 is 22.6 Å². The molecule has 0 fully saturated rings. The van der Waals surface area contributed by atoms with Gasteiger partial charge >= 0.3 is 0 Å². The minimum absolute atomic E-state index is 0.214. The van der Waals surface area contributed by atoms with Crippen LogP contribution in [-0.4, -0.2) is 13.3 Å². The molecule has 0 bridgehead atoms. The van der Waals surface area contributed by atoms with Crippen LogP contribution in [0, 0.1) is 3.77 Å². The molecule has 19 heavy (non-hydrogen) atoms. The van der Waals surface area contributed by atoms with Crippen LogP contribution in [0.15, 0.2) is 22.7 Å². The summed E-state index contributed by atoms with van der Waals surface area (Å²) in [6.07, 6.45) is 1.78. The van der Waals surface area contributed by atoms with Crippen LogP contribution in [0.3, 0.4) is 0 Å². The second-order valence-electron chi connectivity index (χ2n) is 6.27. The second-order valence-corrected chi connectivity index (χ2v) is 12.1. The smallest absolute Gasteiger partial charge is 0.192 e. The number of hydrogen-bond donors (Lipinski definition) is 0. The lowest BCUT2D eigenvalue weighted by atomic mass is 10.2. The van der Waals surface area contributed by atoms with Gasteiger partial charge in [0.2, 0.25) is 0 Å². The summed E-state index contributed by atoms with van der Waals surface area (Å²) in [6, 6.07) is 3.92. The molecule has 0 aliphatic heterocycles. The minimum Gasteiger partial charge on any atom is -0.450 e. The SMILES string of the molecule is CC(C)(C)[Si](C)(C)OCc1nccc2oc(I)cc12. The molecular weight excluding hydrogens is 369 g/mol. The lowest BCUT2D eigenvalue weighted by molar-refractivity contribution is 0.273. The molecule has 0 aliphatic rings. The van der Waals surface area contributed by atoms with E-state index in [1.54, 1.807) is 6.20 Å². The standard InChI is InChI=1S/C14H20INO2Si/c1-14(2,3)19(4,5)17-9-11-10-8-13(15)18-12(10)6-7-16-11/h6-8H,9H2,1-5H3. The third kappa shape index (κ3) is 3.20. The van der Waals surface area contributed by atoms with Crippen molar-refractivity contribution in [2.45, 2.75) is 45.5 Å². The maximum absolute atomic E-state index is 6.23. The molecule has 0 N–H and O–H groups in total. The van der Waals surface area contributed by atoms with E-state index in [-0.39, 0.29) is 5.04 Å². The summed E-state index contributed by atoms with van der Waals surface area (Å²) in [5, 5.41) is 1.27. The molecule has 2 aromatic heterocycles. The minimum atomic E-state index is -1.74. The summed E-state index contributed by atoms with van der Waals surface area (Å²) >= 11 is 2.18. The van der Waals surface area contributed by atoms with Crippen LogP contribution in [-0.2, 0) is 11.0 Å². The van der Waals surface area contributed by atoms with E-state index in [1.807, 2.05) is 12.1 Å². The lowest BCUT2D eigenvalue weighted by Gasteiger charge is -2.36. The van der Waals surface area contributed by atoms with Crippen molar-refractivity contribution in [2.75, 3.05) is 0 Å². The highest BCUT2D eigenvalue weighted by molar-refractivity contribution is 14.1. The van der Waals surface area contributed by atoms with Gasteiger partial charge in [-0.3, -0.25) is 4.98 Å². The summed E-state index contributed by atoms with van der Waals surface area (Å²) in [7, 11) is -1.74. The average Bonchev–Trinajstić information content (AvgIpc) is 2.65. The molecule has 0 spiro atoms. The lowest BCUT2D eigenvalue weighted by Crippen LogP contribution is -2.40. The molecule has 0 saturated carbocycles. The Bertz CT molecular complexity index is 587. The summed E-state index contributed by atoms with van der Waals surface area (Å²) in [5.74, 6) is 0. The third-order valence-corrected chi connectivity index (χ3v) is 8.88. The van der Waals surface area contributed by atoms with Crippen molar-refractivity contribution in [3.63, 3.8) is 0 Å². The van der Waals surface area contributed by atoms with Crippen molar-refractivity contribution < 1.29 is 8.84 Å². The monoisotopic (exact) mass is 389 g/mol. The Hall–Kier alpha value is -0.403. The first-order chi connectivity index (χ1) is 8.71. The van der Waals surface area contributed by atoms with E-state index >= 15 is 0 Å². The predicted molar refractivity (Wildman–Crippen MR) is 88.7 cm³/mol. The van der Waals surface area contributed by atoms with Crippen molar-refractivity contribution in [2.24, 2.45) is 0 Å². The van der Waals surface area contributed by atoms with Gasteiger partial charge in [0.05, 0.1) is 12.3 Å². The fraction of sp³-hybridized carbons (Fsp3) is 0.500. The molecule has 2 aromatic rings. The van der Waals surface area contributed by atoms with E-state index in [1.165, 1.54) is 0 Å². The number of halogens is 1. The largest absolute Gasteiger partial charge is 0.450 e. The summed E-state index contributed by atoms with van der Waals surface area (Å²) in [4.78, 5) is 4.44. The van der Waals surface area contributed by atoms with Gasteiger partial charge in [-0.05, 0) is 52.9 Å². The van der Waals surface area contributed by atoms with E-state index in [2.05, 4.69) is 61.4 Å². The van der Waals surface area contributed by atoms with Gasteiger partial charge in [-0.1, -0.05) is 20.8 Å². The molecule has 0 unspecified atom stereocenters. The molecule has 0 aromatic carbocycles. The van der Waals surface area contributed by atoms with Gasteiger partial charge < -0.3 is 8.84 Å². The van der Waals surface area contributed by atoms with Crippen LogP contribution in [0.4, 0.5) is 0 Å². The maximum Gasteiger partial charge on any atom is 0.192 e. The summed E-state index contributed by atoms with van der Waals surface area (Å²) < 4.78 is 12.7. The van der Waals surface area contributed by atoms with Crippen molar-refractivity contribution >= 4 is 41.9 Å². The summed E-state index contributed by atoms with van der Waals surface area (Å²) in [6.45, 7) is 11.8. The Labute approximate surface area is 129 Å². The number of pyridine rings is 1. The Balaban J connectivity index is 2.23. The number of furan rings is 1. The second kappa shape index (κ2) is 5.18. The van der Waals surface area contributed by atoms with E-state index in [0.717, 1.165) is 20.4 Å². The molecule has 2 rings (SSSR count). The molecule has 5 heteroatoms. The van der Waals surface area contributed by atoms with Gasteiger partial charge in [0.1, 0.15) is 5.58 Å². The molecule has 3 nitrogen and oxygen atoms in total. The first kappa shape index (κ1) is 15.0. The van der Waals surface area contributed by atoms with Gasteiger partial charge in [0.25, 0.3) is 0 Å². The number of rotatable bonds is 3. The Morgan fingerprint density at radius 3 is 2.68 bits per heavy atom. The van der Waals surface area contributed by atoms with Crippen molar-refractivity contribution in [3.05, 3.63) is 27.8 Å². The van der Waals surface area contributed by atoms with Crippen LogP contribution in [0.2, 0.25) is 18.1 Å². The van der Waals surface area contributed by atoms with Crippen LogP contribution in [0.25, 0.3) is 11.0 Å². The zero-order chi connectivity index (χ0) is 14.3. The van der Waals surface area contributed by atoms with Crippen molar-refractivity contribution in [3.8, 4) is 0 Å². The Morgan fingerprint density at radius 1 is 1.37 bits per heavy atom. The van der Waals surface area contributed by atoms with Gasteiger partial charge in [-0.25, -0.2) is 0 Å². The zero-order valence-electron chi connectivity index (χ0n) is 12.1. The Morgan fingerprint density at radius 2 is 2.05 bits per heavy atom. The predicted octanol–water partition coefficient (Wildman–Crippen LogP) is 4.95. The molecule has 0 atom stereocenters. The topological polar surface area (TPSA) is 35.3 Å². The maximum atomic E-state index is 6.23. The van der Waals surface area contributed by atoms with Crippen LogP contribution < -0.4 is 0 Å². The normalized spacial score (nSPS) is 13.2. The van der Waals surface area contributed by atoms with Gasteiger partial charge in [0, 0.05) is 11.6 Å². The molecule has 0 amide bonds. The highest BCUT2D eigenvalue weighted by atomic mass is 127. The Kier molecular flexibility index (Phi) is 4.09. The van der Waals surface area contributed by atoms with Gasteiger partial charge in [-0.15, -0.1) is 0 Å². The molecule has 2 heterocycles. The highest BCUT2D eigenvalue weighted by Crippen LogP contribution is 2.37. The molecule has 0 saturated heterocycles. The number of nitrogens with zero attached hydrogens (tertiary/aromatic N) is 1. The highest BCUT2D eigenvalue weighted by Gasteiger charge is 2.37. The average molecular weight is 389 g/mol. The molecule has 0 aliphatic carbocycles. The van der Waals surface area contributed by atoms with Crippen molar-refractivity contribution in [1.29, 1.82) is 0 Å². The van der Waals surface area contributed by atoms with Gasteiger partial charge in [-0.2, -0.15) is 0 Å². The van der Waals surface area contributed by atoms with Crippen molar-refractivity contribution in [1.82, 2.24) is 4.98 Å². The number of hydrogen-bond acceptors (Lipinski definition) is 3. The fourth-order valence-corrected chi connectivity index (χ4v) is 3.05. The van der Waals surface area contributed by atoms with Gasteiger partial charge in [0.15, 0.2) is 12.1 Å². The zero-order valence-corrected chi connectivity index (χ0v) is 15.2. The fourth-order valence-electron chi connectivity index (χ4n) is 1.57. The third-order valence-electron chi connectivity index (χ3n) is 3.87. The van der Waals surface area contributed by atoms with E-state index < -0.39 is 8.32 Å². The molecule has 104 valence electrons. The van der Waals surface area contributed by atoms with Crippen LogP contribution in [0.5, 0.6) is 0 Å². The number of aromatic nitrogens is 1. The van der Waals surface area contributed by atoms with E-state index in [9.17, 15) is 0 Å². The van der Waals surface area contributed by atoms with E-state index in [0.29, 0.717) is 6.61 Å². The summed E-state index contributed by atoms with van der Waals surface area (Å²) in [5.41, 5.74) is 1.85. The quantitative estimate of drug-likeness (QED) is 0.550.